The summed E-state index contributed by atoms with van der Waals surface area (Å²) in [5.41, 5.74) is 4.18. The van der Waals surface area contributed by atoms with E-state index in [9.17, 15) is 5.11 Å². The number of likely N-dealkylation sites (N-methyl/N-ethyl adjacent to an activating group) is 1. The minimum atomic E-state index is 0.351. The van der Waals surface area contributed by atoms with Crippen LogP contribution in [-0.2, 0) is 12.8 Å². The highest BCUT2D eigenvalue weighted by Gasteiger charge is 2.28. The first-order valence-electron chi connectivity index (χ1n) is 7.31. The van der Waals surface area contributed by atoms with Gasteiger partial charge in [0.05, 0.1) is 0 Å². The van der Waals surface area contributed by atoms with Crippen LogP contribution in [0.25, 0.3) is 0 Å². The number of phenolic OH excluding ortho intramolecular Hbond substituents is 1. The van der Waals surface area contributed by atoms with Crippen molar-refractivity contribution in [3.63, 3.8) is 0 Å². The van der Waals surface area contributed by atoms with Gasteiger partial charge in [0.25, 0.3) is 0 Å². The van der Waals surface area contributed by atoms with Crippen LogP contribution in [0, 0.1) is 0 Å². The molecule has 104 valence electrons. The highest BCUT2D eigenvalue weighted by atomic mass is 16.3. The number of rotatable bonds is 4. The molecule has 2 aromatic carbocycles. The van der Waals surface area contributed by atoms with Crippen LogP contribution in [0.15, 0.2) is 48.5 Å². The maximum absolute atomic E-state index is 9.60. The van der Waals surface area contributed by atoms with E-state index in [-0.39, 0.29) is 0 Å². The van der Waals surface area contributed by atoms with Crippen LogP contribution in [-0.4, -0.2) is 18.2 Å². The van der Waals surface area contributed by atoms with Gasteiger partial charge >= 0.3 is 0 Å². The lowest BCUT2D eigenvalue weighted by atomic mass is 9.89. The first-order valence-corrected chi connectivity index (χ1v) is 7.31. The van der Waals surface area contributed by atoms with E-state index in [4.69, 9.17) is 0 Å². The summed E-state index contributed by atoms with van der Waals surface area (Å²) in [6.45, 7) is 0. The van der Waals surface area contributed by atoms with Crippen molar-refractivity contribution in [3.8, 4) is 5.75 Å². The highest BCUT2D eigenvalue weighted by Crippen LogP contribution is 2.36. The Labute approximate surface area is 120 Å². The Hall–Kier alpha value is -1.80. The van der Waals surface area contributed by atoms with Crippen molar-refractivity contribution in [2.24, 2.45) is 0 Å². The van der Waals surface area contributed by atoms with Crippen molar-refractivity contribution in [2.75, 3.05) is 7.05 Å². The lowest BCUT2D eigenvalue weighted by Crippen LogP contribution is -2.33. The van der Waals surface area contributed by atoms with E-state index >= 15 is 0 Å². The molecule has 0 amide bonds. The molecule has 0 aromatic heterocycles. The molecule has 2 aromatic rings. The molecule has 0 saturated heterocycles. The third kappa shape index (κ3) is 2.56. The van der Waals surface area contributed by atoms with Gasteiger partial charge in [0, 0.05) is 12.0 Å². The van der Waals surface area contributed by atoms with E-state index in [0.717, 1.165) is 6.42 Å². The van der Waals surface area contributed by atoms with E-state index < -0.39 is 0 Å². The van der Waals surface area contributed by atoms with Crippen molar-refractivity contribution < 1.29 is 5.11 Å². The molecule has 0 aliphatic heterocycles. The number of fused-ring (bicyclic) bond motifs is 1. The van der Waals surface area contributed by atoms with Gasteiger partial charge in [-0.15, -0.1) is 0 Å². The summed E-state index contributed by atoms with van der Waals surface area (Å²) in [4.78, 5) is 0. The third-order valence-electron chi connectivity index (χ3n) is 4.40. The third-order valence-corrected chi connectivity index (χ3v) is 4.40. The van der Waals surface area contributed by atoms with Gasteiger partial charge in [-0.2, -0.15) is 0 Å². The lowest BCUT2D eigenvalue weighted by molar-refractivity contribution is 0.452. The molecule has 0 radical (unpaired) electrons. The topological polar surface area (TPSA) is 32.3 Å². The number of phenols is 1. The van der Waals surface area contributed by atoms with Gasteiger partial charge in [0.1, 0.15) is 5.75 Å². The summed E-state index contributed by atoms with van der Waals surface area (Å²) in [5, 5.41) is 13.1. The molecule has 0 fully saturated rings. The van der Waals surface area contributed by atoms with E-state index in [1.807, 2.05) is 19.2 Å². The zero-order valence-electron chi connectivity index (χ0n) is 11.8. The second-order valence-electron chi connectivity index (χ2n) is 5.61. The SMILES string of the molecule is CNC(Cc1cccc(O)c1)C1CCc2ccccc21. The van der Waals surface area contributed by atoms with Crippen molar-refractivity contribution in [3.05, 3.63) is 65.2 Å². The Morgan fingerprint density at radius 3 is 2.85 bits per heavy atom. The second kappa shape index (κ2) is 5.68. The maximum Gasteiger partial charge on any atom is 0.115 e. The number of hydrogen-bond donors (Lipinski definition) is 2. The fourth-order valence-electron chi connectivity index (χ4n) is 3.39. The Kier molecular flexibility index (Phi) is 3.75. The summed E-state index contributed by atoms with van der Waals surface area (Å²) < 4.78 is 0. The zero-order chi connectivity index (χ0) is 13.9. The predicted molar refractivity (Wildman–Crippen MR) is 82.2 cm³/mol. The number of nitrogens with one attached hydrogen (secondary N) is 1. The smallest absolute Gasteiger partial charge is 0.115 e. The largest absolute Gasteiger partial charge is 0.508 e. The van der Waals surface area contributed by atoms with E-state index in [1.165, 1.54) is 29.5 Å². The van der Waals surface area contributed by atoms with Gasteiger partial charge in [0.2, 0.25) is 0 Å². The first kappa shape index (κ1) is 13.2. The van der Waals surface area contributed by atoms with Crippen LogP contribution in [0.5, 0.6) is 5.75 Å². The van der Waals surface area contributed by atoms with Crippen LogP contribution in [0.1, 0.15) is 29.0 Å². The first-order chi connectivity index (χ1) is 9.78. The minimum absolute atomic E-state index is 0.351. The lowest BCUT2D eigenvalue weighted by Gasteiger charge is -2.24. The van der Waals surface area contributed by atoms with Gasteiger partial charge in [-0.3, -0.25) is 0 Å². The summed E-state index contributed by atoms with van der Waals surface area (Å²) >= 11 is 0. The number of aromatic hydroxyl groups is 1. The molecule has 20 heavy (non-hydrogen) atoms. The summed E-state index contributed by atoms with van der Waals surface area (Å²) in [7, 11) is 2.04. The number of aryl methyl sites for hydroxylation is 1. The molecule has 0 spiro atoms. The van der Waals surface area contributed by atoms with Crippen molar-refractivity contribution in [1.82, 2.24) is 5.32 Å². The van der Waals surface area contributed by atoms with Gasteiger partial charge in [-0.05, 0) is 55.1 Å². The average molecular weight is 267 g/mol. The molecule has 2 heteroatoms. The Balaban J connectivity index is 1.81. The van der Waals surface area contributed by atoms with E-state index in [2.05, 4.69) is 35.6 Å². The fraction of sp³-hybridized carbons (Fsp3) is 0.333. The molecule has 1 aliphatic rings. The summed E-state index contributed by atoms with van der Waals surface area (Å²) in [5.74, 6) is 0.919. The van der Waals surface area contributed by atoms with Crippen molar-refractivity contribution in [1.29, 1.82) is 0 Å². The summed E-state index contributed by atoms with van der Waals surface area (Å²) in [6.07, 6.45) is 3.34. The number of hydrogen-bond acceptors (Lipinski definition) is 2. The standard InChI is InChI=1S/C18H21NO/c1-19-18(12-13-5-4-7-15(20)11-13)17-10-9-14-6-2-3-8-16(14)17/h2-8,11,17-20H,9-10,12H2,1H3. The van der Waals surface area contributed by atoms with Gasteiger partial charge in [-0.25, -0.2) is 0 Å². The van der Waals surface area contributed by atoms with Gasteiger partial charge in [-0.1, -0.05) is 36.4 Å². The fourth-order valence-corrected chi connectivity index (χ4v) is 3.39. The van der Waals surface area contributed by atoms with Crippen LogP contribution in [0.2, 0.25) is 0 Å². The monoisotopic (exact) mass is 267 g/mol. The minimum Gasteiger partial charge on any atom is -0.508 e. The van der Waals surface area contributed by atoms with Gasteiger partial charge < -0.3 is 10.4 Å². The van der Waals surface area contributed by atoms with Crippen molar-refractivity contribution >= 4 is 0 Å². The Bertz CT molecular complexity index is 593. The molecule has 2 nitrogen and oxygen atoms in total. The molecule has 2 atom stereocenters. The quantitative estimate of drug-likeness (QED) is 0.891. The van der Waals surface area contributed by atoms with E-state index in [1.54, 1.807) is 6.07 Å². The molecule has 2 N–H and O–H groups in total. The van der Waals surface area contributed by atoms with Crippen LogP contribution >= 0.6 is 0 Å². The van der Waals surface area contributed by atoms with Gasteiger partial charge in [0.15, 0.2) is 0 Å². The molecule has 1 aliphatic carbocycles. The van der Waals surface area contributed by atoms with E-state index in [0.29, 0.717) is 17.7 Å². The highest BCUT2D eigenvalue weighted by molar-refractivity contribution is 5.37. The zero-order valence-corrected chi connectivity index (χ0v) is 11.8. The summed E-state index contributed by atoms with van der Waals surface area (Å²) in [6, 6.07) is 16.8. The Morgan fingerprint density at radius 2 is 2.05 bits per heavy atom. The second-order valence-corrected chi connectivity index (χ2v) is 5.61. The van der Waals surface area contributed by atoms with Crippen LogP contribution < -0.4 is 5.32 Å². The molecule has 0 bridgehead atoms. The normalized spacial score (nSPS) is 18.8. The molecular formula is C18H21NO. The van der Waals surface area contributed by atoms with Crippen molar-refractivity contribution in [2.45, 2.75) is 31.2 Å². The predicted octanol–water partition coefficient (Wildman–Crippen LogP) is 3.25. The molecule has 0 saturated carbocycles. The number of benzene rings is 2. The molecule has 2 unspecified atom stereocenters. The molecular weight excluding hydrogens is 246 g/mol. The molecule has 0 heterocycles. The maximum atomic E-state index is 9.60. The average Bonchev–Trinajstić information content (AvgIpc) is 2.89. The van der Waals surface area contributed by atoms with Crippen LogP contribution in [0.3, 0.4) is 0 Å². The Morgan fingerprint density at radius 1 is 1.20 bits per heavy atom. The molecule has 3 rings (SSSR count). The van der Waals surface area contributed by atoms with Crippen LogP contribution in [0.4, 0.5) is 0 Å².